The van der Waals surface area contributed by atoms with Gasteiger partial charge in [0.05, 0.1) is 17.8 Å². The zero-order chi connectivity index (χ0) is 12.3. The van der Waals surface area contributed by atoms with E-state index in [-0.39, 0.29) is 11.9 Å². The highest BCUT2D eigenvalue weighted by Crippen LogP contribution is 2.22. The van der Waals surface area contributed by atoms with Crippen molar-refractivity contribution in [1.29, 1.82) is 0 Å². The van der Waals surface area contributed by atoms with E-state index in [4.69, 9.17) is 10.9 Å². The first-order chi connectivity index (χ1) is 8.26. The summed E-state index contributed by atoms with van der Waals surface area (Å²) in [5.74, 6) is 0.233. The minimum absolute atomic E-state index is 0.116. The molecule has 5 heteroatoms. The molecule has 1 aromatic heterocycles. The van der Waals surface area contributed by atoms with Gasteiger partial charge in [0, 0.05) is 11.8 Å². The van der Waals surface area contributed by atoms with Gasteiger partial charge in [-0.25, -0.2) is 0 Å². The van der Waals surface area contributed by atoms with Crippen LogP contribution in [0.25, 0.3) is 10.9 Å². The number of para-hydroxylation sites is 1. The van der Waals surface area contributed by atoms with E-state index in [1.165, 1.54) is 0 Å². The second-order valence-corrected chi connectivity index (χ2v) is 4.01. The fraction of sp³-hybridized carbons (Fsp3) is 0.333. The highest BCUT2D eigenvalue weighted by molar-refractivity contribution is 5.81. The number of nitrogens with two attached hydrogens (primary N) is 1. The van der Waals surface area contributed by atoms with Gasteiger partial charge in [0.1, 0.15) is 5.84 Å². The van der Waals surface area contributed by atoms with Crippen LogP contribution in [-0.2, 0) is 0 Å². The molecule has 1 unspecified atom stereocenters. The molecule has 2 rings (SSSR count). The van der Waals surface area contributed by atoms with E-state index in [1.807, 2.05) is 35.1 Å². The molecule has 0 saturated heterocycles. The van der Waals surface area contributed by atoms with Crippen molar-refractivity contribution in [3.63, 3.8) is 0 Å². The summed E-state index contributed by atoms with van der Waals surface area (Å²) in [7, 11) is 0. The van der Waals surface area contributed by atoms with Crippen molar-refractivity contribution in [3.8, 4) is 0 Å². The Morgan fingerprint density at radius 1 is 1.53 bits per heavy atom. The predicted molar refractivity (Wildman–Crippen MR) is 67.1 cm³/mol. The standard InChI is InChI=1S/C12H16N4O/c1-2-10(7-12(13)15-17)16-11-6-4-3-5-9(11)8-14-16/h3-6,8,10,17H,2,7H2,1H3,(H2,13,15). The van der Waals surface area contributed by atoms with Gasteiger partial charge in [-0.05, 0) is 12.5 Å². The molecule has 0 aliphatic rings. The fourth-order valence-corrected chi connectivity index (χ4v) is 1.97. The van der Waals surface area contributed by atoms with E-state index in [1.54, 1.807) is 0 Å². The van der Waals surface area contributed by atoms with Gasteiger partial charge < -0.3 is 10.9 Å². The summed E-state index contributed by atoms with van der Waals surface area (Å²) in [6.45, 7) is 2.06. The van der Waals surface area contributed by atoms with Crippen LogP contribution in [0.4, 0.5) is 0 Å². The monoisotopic (exact) mass is 232 g/mol. The molecule has 0 spiro atoms. The average molecular weight is 232 g/mol. The number of hydrogen-bond acceptors (Lipinski definition) is 3. The van der Waals surface area contributed by atoms with Crippen molar-refractivity contribution in [1.82, 2.24) is 9.78 Å². The third-order valence-corrected chi connectivity index (χ3v) is 2.90. The topological polar surface area (TPSA) is 76.4 Å². The number of rotatable bonds is 4. The minimum atomic E-state index is 0.116. The molecule has 1 heterocycles. The van der Waals surface area contributed by atoms with Crippen molar-refractivity contribution in [2.24, 2.45) is 10.9 Å². The Labute approximate surface area is 99.5 Å². The van der Waals surface area contributed by atoms with Crippen LogP contribution in [0.1, 0.15) is 25.8 Å². The second kappa shape index (κ2) is 4.86. The molecular formula is C12H16N4O. The molecule has 0 bridgehead atoms. The summed E-state index contributed by atoms with van der Waals surface area (Å²) in [6.07, 6.45) is 3.21. The Kier molecular flexibility index (Phi) is 3.27. The van der Waals surface area contributed by atoms with E-state index in [9.17, 15) is 0 Å². The SMILES string of the molecule is CCC(C/C(N)=N\O)n1ncc2ccccc21. The lowest BCUT2D eigenvalue weighted by molar-refractivity contribution is 0.314. The molecule has 17 heavy (non-hydrogen) atoms. The van der Waals surface area contributed by atoms with Crippen LogP contribution < -0.4 is 5.73 Å². The molecule has 0 saturated carbocycles. The molecular weight excluding hydrogens is 216 g/mol. The van der Waals surface area contributed by atoms with E-state index >= 15 is 0 Å². The minimum Gasteiger partial charge on any atom is -0.409 e. The normalized spacial score (nSPS) is 14.1. The maximum Gasteiger partial charge on any atom is 0.141 e. The lowest BCUT2D eigenvalue weighted by Gasteiger charge is -2.15. The van der Waals surface area contributed by atoms with Crippen molar-refractivity contribution in [2.45, 2.75) is 25.8 Å². The van der Waals surface area contributed by atoms with Crippen molar-refractivity contribution >= 4 is 16.7 Å². The first-order valence-electron chi connectivity index (χ1n) is 5.65. The first-order valence-corrected chi connectivity index (χ1v) is 5.65. The first kappa shape index (κ1) is 11.4. The Bertz CT molecular complexity index is 532. The number of nitrogens with zero attached hydrogens (tertiary/aromatic N) is 3. The highest BCUT2D eigenvalue weighted by atomic mass is 16.4. The van der Waals surface area contributed by atoms with Crippen LogP contribution in [0.15, 0.2) is 35.6 Å². The van der Waals surface area contributed by atoms with E-state index in [0.717, 1.165) is 17.3 Å². The maximum atomic E-state index is 8.62. The number of fused-ring (bicyclic) bond motifs is 1. The lowest BCUT2D eigenvalue weighted by atomic mass is 10.1. The summed E-state index contributed by atoms with van der Waals surface area (Å²) in [6, 6.07) is 8.13. The molecule has 1 aromatic carbocycles. The summed E-state index contributed by atoms with van der Waals surface area (Å²) in [5, 5.41) is 17.1. The molecule has 5 nitrogen and oxygen atoms in total. The van der Waals surface area contributed by atoms with Crippen LogP contribution in [0.3, 0.4) is 0 Å². The zero-order valence-corrected chi connectivity index (χ0v) is 9.74. The molecule has 0 aliphatic heterocycles. The summed E-state index contributed by atoms with van der Waals surface area (Å²) >= 11 is 0. The molecule has 0 aliphatic carbocycles. The van der Waals surface area contributed by atoms with Crippen molar-refractivity contribution < 1.29 is 5.21 Å². The Balaban J connectivity index is 2.36. The van der Waals surface area contributed by atoms with Crippen LogP contribution >= 0.6 is 0 Å². The Morgan fingerprint density at radius 2 is 2.29 bits per heavy atom. The Morgan fingerprint density at radius 3 is 3.00 bits per heavy atom. The van der Waals surface area contributed by atoms with E-state index in [2.05, 4.69) is 17.2 Å². The van der Waals surface area contributed by atoms with Gasteiger partial charge in [-0.1, -0.05) is 30.3 Å². The lowest BCUT2D eigenvalue weighted by Crippen LogP contribution is -2.20. The number of aromatic nitrogens is 2. The summed E-state index contributed by atoms with van der Waals surface area (Å²) < 4.78 is 1.94. The van der Waals surface area contributed by atoms with Crippen LogP contribution in [0.5, 0.6) is 0 Å². The van der Waals surface area contributed by atoms with Crippen molar-refractivity contribution in [3.05, 3.63) is 30.5 Å². The molecule has 1 atom stereocenters. The molecule has 0 amide bonds. The smallest absolute Gasteiger partial charge is 0.141 e. The quantitative estimate of drug-likeness (QED) is 0.367. The largest absolute Gasteiger partial charge is 0.409 e. The third kappa shape index (κ3) is 2.22. The van der Waals surface area contributed by atoms with Gasteiger partial charge in [0.25, 0.3) is 0 Å². The number of amidine groups is 1. The fourth-order valence-electron chi connectivity index (χ4n) is 1.97. The molecule has 0 fully saturated rings. The predicted octanol–water partition coefficient (Wildman–Crippen LogP) is 2.12. The third-order valence-electron chi connectivity index (χ3n) is 2.90. The highest BCUT2D eigenvalue weighted by Gasteiger charge is 2.14. The molecule has 90 valence electrons. The number of oxime groups is 1. The molecule has 2 aromatic rings. The number of hydrogen-bond donors (Lipinski definition) is 2. The second-order valence-electron chi connectivity index (χ2n) is 4.01. The molecule has 3 N–H and O–H groups in total. The summed E-state index contributed by atoms with van der Waals surface area (Å²) in [4.78, 5) is 0. The van der Waals surface area contributed by atoms with E-state index < -0.39 is 0 Å². The van der Waals surface area contributed by atoms with Gasteiger partial charge in [0.15, 0.2) is 0 Å². The average Bonchev–Trinajstić information content (AvgIpc) is 2.79. The van der Waals surface area contributed by atoms with Crippen LogP contribution in [-0.4, -0.2) is 20.8 Å². The Hall–Kier alpha value is -2.04. The van der Waals surface area contributed by atoms with Crippen molar-refractivity contribution in [2.75, 3.05) is 0 Å². The van der Waals surface area contributed by atoms with E-state index in [0.29, 0.717) is 6.42 Å². The van der Waals surface area contributed by atoms with Crippen LogP contribution in [0, 0.1) is 0 Å². The summed E-state index contributed by atoms with van der Waals surface area (Å²) in [5.41, 5.74) is 6.63. The van der Waals surface area contributed by atoms with Crippen LogP contribution in [0.2, 0.25) is 0 Å². The zero-order valence-electron chi connectivity index (χ0n) is 9.74. The van der Waals surface area contributed by atoms with Gasteiger partial charge in [-0.2, -0.15) is 5.10 Å². The van der Waals surface area contributed by atoms with Gasteiger partial charge in [0.2, 0.25) is 0 Å². The van der Waals surface area contributed by atoms with Gasteiger partial charge >= 0.3 is 0 Å². The molecule has 0 radical (unpaired) electrons. The van der Waals surface area contributed by atoms with Gasteiger partial charge in [-0.15, -0.1) is 0 Å². The maximum absolute atomic E-state index is 8.62. The van der Waals surface area contributed by atoms with Gasteiger partial charge in [-0.3, -0.25) is 4.68 Å². The number of benzene rings is 1.